The number of benzene rings is 1. The van der Waals surface area contributed by atoms with Crippen LogP contribution < -0.4 is 16.4 Å². The summed E-state index contributed by atoms with van der Waals surface area (Å²) in [5.74, 6) is -0.161. The van der Waals surface area contributed by atoms with Crippen molar-refractivity contribution in [3.63, 3.8) is 0 Å². The lowest BCUT2D eigenvalue weighted by molar-refractivity contribution is 0.0963. The average Bonchev–Trinajstić information content (AvgIpc) is 2.31. The number of nitrogen functional groups attached to an aromatic ring is 1. The molecule has 0 saturated carbocycles. The van der Waals surface area contributed by atoms with Crippen LogP contribution in [-0.4, -0.2) is 30.7 Å². The standard InChI is InChI=1S/C12H19N3O2/c1-8(5-6-16)15-11-4-3-9(7-10(11)13)12(17)14-2/h3-4,7-8,15-16H,5-6,13H2,1-2H3,(H,14,17). The monoisotopic (exact) mass is 237 g/mol. The maximum Gasteiger partial charge on any atom is 0.251 e. The molecule has 5 nitrogen and oxygen atoms in total. The molecule has 17 heavy (non-hydrogen) atoms. The van der Waals surface area contributed by atoms with E-state index in [4.69, 9.17) is 10.8 Å². The van der Waals surface area contributed by atoms with Crippen molar-refractivity contribution in [2.75, 3.05) is 24.7 Å². The minimum absolute atomic E-state index is 0.129. The number of nitrogens with one attached hydrogen (secondary N) is 2. The fourth-order valence-electron chi connectivity index (χ4n) is 1.51. The molecule has 0 spiro atoms. The van der Waals surface area contributed by atoms with Crippen molar-refractivity contribution in [2.45, 2.75) is 19.4 Å². The van der Waals surface area contributed by atoms with Crippen molar-refractivity contribution in [3.8, 4) is 0 Å². The SMILES string of the molecule is CNC(=O)c1ccc(NC(C)CCO)c(N)c1. The number of nitrogens with two attached hydrogens (primary N) is 1. The molecule has 5 heteroatoms. The number of aliphatic hydroxyl groups is 1. The lowest BCUT2D eigenvalue weighted by atomic mass is 10.1. The third-order valence-corrected chi connectivity index (χ3v) is 2.50. The average molecular weight is 237 g/mol. The maximum absolute atomic E-state index is 11.4. The Morgan fingerprint density at radius 1 is 1.53 bits per heavy atom. The second-order valence-electron chi connectivity index (χ2n) is 3.94. The highest BCUT2D eigenvalue weighted by Crippen LogP contribution is 2.21. The molecule has 1 amide bonds. The van der Waals surface area contributed by atoms with E-state index in [-0.39, 0.29) is 18.6 Å². The van der Waals surface area contributed by atoms with Crippen LogP contribution in [0, 0.1) is 0 Å². The van der Waals surface area contributed by atoms with Crippen LogP contribution in [0.3, 0.4) is 0 Å². The van der Waals surface area contributed by atoms with Gasteiger partial charge in [-0.2, -0.15) is 0 Å². The summed E-state index contributed by atoms with van der Waals surface area (Å²) in [7, 11) is 1.58. The predicted molar refractivity (Wildman–Crippen MR) is 69.0 cm³/mol. The summed E-state index contributed by atoms with van der Waals surface area (Å²) >= 11 is 0. The zero-order valence-electron chi connectivity index (χ0n) is 10.2. The summed E-state index contributed by atoms with van der Waals surface area (Å²) in [6, 6.07) is 5.25. The topological polar surface area (TPSA) is 87.4 Å². The van der Waals surface area contributed by atoms with Gasteiger partial charge in [-0.3, -0.25) is 4.79 Å². The van der Waals surface area contributed by atoms with Gasteiger partial charge < -0.3 is 21.5 Å². The van der Waals surface area contributed by atoms with Crippen molar-refractivity contribution >= 4 is 17.3 Å². The second kappa shape index (κ2) is 6.10. The normalized spacial score (nSPS) is 11.9. The number of anilines is 2. The molecular formula is C12H19N3O2. The van der Waals surface area contributed by atoms with Crippen LogP contribution in [0.5, 0.6) is 0 Å². The van der Waals surface area contributed by atoms with Gasteiger partial charge in [0, 0.05) is 25.3 Å². The molecule has 0 aliphatic heterocycles. The van der Waals surface area contributed by atoms with E-state index in [0.717, 1.165) is 5.69 Å². The van der Waals surface area contributed by atoms with E-state index < -0.39 is 0 Å². The number of hydrogen-bond acceptors (Lipinski definition) is 4. The smallest absolute Gasteiger partial charge is 0.251 e. The Labute approximate surface area is 101 Å². The fraction of sp³-hybridized carbons (Fsp3) is 0.417. The third kappa shape index (κ3) is 3.64. The zero-order chi connectivity index (χ0) is 12.8. The van der Waals surface area contributed by atoms with Gasteiger partial charge in [0.15, 0.2) is 0 Å². The van der Waals surface area contributed by atoms with Crippen molar-refractivity contribution in [2.24, 2.45) is 0 Å². The van der Waals surface area contributed by atoms with Crippen molar-refractivity contribution in [3.05, 3.63) is 23.8 Å². The van der Waals surface area contributed by atoms with Crippen LogP contribution in [0.1, 0.15) is 23.7 Å². The molecule has 1 atom stereocenters. The van der Waals surface area contributed by atoms with Gasteiger partial charge >= 0.3 is 0 Å². The van der Waals surface area contributed by atoms with Crippen molar-refractivity contribution in [1.82, 2.24) is 5.32 Å². The van der Waals surface area contributed by atoms with Gasteiger partial charge in [-0.15, -0.1) is 0 Å². The van der Waals surface area contributed by atoms with E-state index in [1.54, 1.807) is 25.2 Å². The Hall–Kier alpha value is -1.75. The van der Waals surface area contributed by atoms with Crippen LogP contribution in [0.2, 0.25) is 0 Å². The second-order valence-corrected chi connectivity index (χ2v) is 3.94. The lowest BCUT2D eigenvalue weighted by Crippen LogP contribution is -2.19. The third-order valence-electron chi connectivity index (χ3n) is 2.50. The number of amides is 1. The summed E-state index contributed by atoms with van der Waals surface area (Å²) in [4.78, 5) is 11.4. The molecule has 1 aromatic rings. The van der Waals surface area contributed by atoms with E-state index in [2.05, 4.69) is 10.6 Å². The Kier molecular flexibility index (Phi) is 4.78. The molecule has 0 aromatic heterocycles. The quantitative estimate of drug-likeness (QED) is 0.571. The van der Waals surface area contributed by atoms with Crippen molar-refractivity contribution in [1.29, 1.82) is 0 Å². The molecule has 0 saturated heterocycles. The van der Waals surface area contributed by atoms with Gasteiger partial charge in [0.1, 0.15) is 0 Å². The molecule has 0 bridgehead atoms. The summed E-state index contributed by atoms with van der Waals surface area (Å²) < 4.78 is 0. The molecule has 1 unspecified atom stereocenters. The van der Waals surface area contributed by atoms with E-state index >= 15 is 0 Å². The van der Waals surface area contributed by atoms with E-state index in [9.17, 15) is 4.79 Å². The minimum Gasteiger partial charge on any atom is -0.397 e. The first kappa shape index (κ1) is 13.3. The van der Waals surface area contributed by atoms with Gasteiger partial charge in [-0.05, 0) is 31.5 Å². The highest BCUT2D eigenvalue weighted by Gasteiger charge is 2.08. The number of rotatable bonds is 5. The number of aliphatic hydroxyl groups excluding tert-OH is 1. The summed E-state index contributed by atoms with van der Waals surface area (Å²) in [6.45, 7) is 2.09. The van der Waals surface area contributed by atoms with E-state index in [1.807, 2.05) is 6.92 Å². The molecule has 0 aliphatic rings. The van der Waals surface area contributed by atoms with E-state index in [1.165, 1.54) is 0 Å². The Morgan fingerprint density at radius 2 is 2.24 bits per heavy atom. The number of hydrogen-bond donors (Lipinski definition) is 4. The lowest BCUT2D eigenvalue weighted by Gasteiger charge is -2.16. The molecule has 0 fully saturated rings. The largest absolute Gasteiger partial charge is 0.397 e. The van der Waals surface area contributed by atoms with Crippen LogP contribution in [0.4, 0.5) is 11.4 Å². The van der Waals surface area contributed by atoms with Crippen molar-refractivity contribution < 1.29 is 9.90 Å². The first-order chi connectivity index (χ1) is 8.08. The minimum atomic E-state index is -0.161. The summed E-state index contributed by atoms with van der Waals surface area (Å²) in [6.07, 6.45) is 0.649. The zero-order valence-corrected chi connectivity index (χ0v) is 10.2. The molecule has 1 aromatic carbocycles. The number of carbonyl (C=O) groups excluding carboxylic acids is 1. The van der Waals surface area contributed by atoms with Gasteiger partial charge in [-0.25, -0.2) is 0 Å². The fourth-order valence-corrected chi connectivity index (χ4v) is 1.51. The highest BCUT2D eigenvalue weighted by atomic mass is 16.3. The predicted octanol–water partition coefficient (Wildman–Crippen LogP) is 0.811. The van der Waals surface area contributed by atoms with Crippen LogP contribution in [0.15, 0.2) is 18.2 Å². The summed E-state index contributed by atoms with van der Waals surface area (Å²) in [5.41, 5.74) is 7.69. The molecule has 1 rings (SSSR count). The molecule has 94 valence electrons. The first-order valence-electron chi connectivity index (χ1n) is 5.57. The molecular weight excluding hydrogens is 218 g/mol. The first-order valence-corrected chi connectivity index (χ1v) is 5.57. The Balaban J connectivity index is 2.79. The molecule has 0 radical (unpaired) electrons. The van der Waals surface area contributed by atoms with Gasteiger partial charge in [0.05, 0.1) is 11.4 Å². The molecule has 5 N–H and O–H groups in total. The van der Waals surface area contributed by atoms with Gasteiger partial charge in [0.2, 0.25) is 0 Å². The molecule has 0 aliphatic carbocycles. The van der Waals surface area contributed by atoms with Gasteiger partial charge in [-0.1, -0.05) is 0 Å². The van der Waals surface area contributed by atoms with Gasteiger partial charge in [0.25, 0.3) is 5.91 Å². The van der Waals surface area contributed by atoms with Crippen LogP contribution in [-0.2, 0) is 0 Å². The van der Waals surface area contributed by atoms with Crippen LogP contribution in [0.25, 0.3) is 0 Å². The number of carbonyl (C=O) groups is 1. The Morgan fingerprint density at radius 3 is 2.76 bits per heavy atom. The van der Waals surface area contributed by atoms with Crippen LogP contribution >= 0.6 is 0 Å². The van der Waals surface area contributed by atoms with E-state index in [0.29, 0.717) is 17.7 Å². The maximum atomic E-state index is 11.4. The molecule has 0 heterocycles. The summed E-state index contributed by atoms with van der Waals surface area (Å²) in [5, 5.41) is 14.5. The highest BCUT2D eigenvalue weighted by molar-refractivity contribution is 5.95. The Bertz CT molecular complexity index is 393.